The van der Waals surface area contributed by atoms with E-state index < -0.39 is 5.60 Å². The molecule has 1 aliphatic heterocycles. The van der Waals surface area contributed by atoms with Crippen LogP contribution < -0.4 is 9.47 Å². The molecule has 0 atom stereocenters. The molecule has 1 aromatic carbocycles. The van der Waals surface area contributed by atoms with Crippen molar-refractivity contribution in [2.24, 2.45) is 0 Å². The fourth-order valence-electron chi connectivity index (χ4n) is 2.91. The average molecular weight is 370 g/mol. The second-order valence-electron chi connectivity index (χ2n) is 7.79. The fraction of sp³-hybridized carbons (Fsp3) is 0.435. The minimum atomic E-state index is -0.552. The first-order valence-electron chi connectivity index (χ1n) is 9.31. The third-order valence-electron chi connectivity index (χ3n) is 4.39. The summed E-state index contributed by atoms with van der Waals surface area (Å²) in [5.74, 6) is 0.532. The van der Waals surface area contributed by atoms with Gasteiger partial charge in [-0.2, -0.15) is 0 Å². The molecule has 0 unspecified atom stereocenters. The monoisotopic (exact) mass is 370 g/mol. The predicted molar refractivity (Wildman–Crippen MR) is 110 cm³/mol. The SMILES string of the molecule is CC(=O)c1c(O)cc(OCC=C(C)CCC=C(C)C)c2c1OC(C)(C)C=C2. The molecule has 0 aliphatic carbocycles. The molecular formula is C23H30O4. The van der Waals surface area contributed by atoms with Gasteiger partial charge in [-0.1, -0.05) is 17.2 Å². The molecule has 146 valence electrons. The van der Waals surface area contributed by atoms with Crippen LogP contribution in [0, 0.1) is 0 Å². The Morgan fingerprint density at radius 1 is 1.22 bits per heavy atom. The fourth-order valence-corrected chi connectivity index (χ4v) is 2.91. The number of phenolic OH excluding ortho intramolecular Hbond substituents is 1. The summed E-state index contributed by atoms with van der Waals surface area (Å²) in [6.45, 7) is 11.9. The first kappa shape index (κ1) is 20.8. The molecular weight excluding hydrogens is 340 g/mol. The summed E-state index contributed by atoms with van der Waals surface area (Å²) in [4.78, 5) is 12.0. The molecule has 0 saturated carbocycles. The van der Waals surface area contributed by atoms with Crippen molar-refractivity contribution in [2.45, 2.75) is 60.0 Å². The number of carbonyl (C=O) groups is 1. The van der Waals surface area contributed by atoms with Crippen LogP contribution in [-0.4, -0.2) is 23.1 Å². The highest BCUT2D eigenvalue weighted by Gasteiger charge is 2.29. The Morgan fingerprint density at radius 3 is 2.56 bits per heavy atom. The van der Waals surface area contributed by atoms with E-state index in [9.17, 15) is 9.90 Å². The number of phenols is 1. The highest BCUT2D eigenvalue weighted by Crippen LogP contribution is 2.44. The van der Waals surface area contributed by atoms with Crippen molar-refractivity contribution in [3.8, 4) is 17.2 Å². The van der Waals surface area contributed by atoms with Crippen LogP contribution in [0.25, 0.3) is 6.08 Å². The first-order chi connectivity index (χ1) is 12.6. The van der Waals surface area contributed by atoms with Gasteiger partial charge in [0.15, 0.2) is 5.78 Å². The van der Waals surface area contributed by atoms with Crippen LogP contribution in [-0.2, 0) is 0 Å². The van der Waals surface area contributed by atoms with E-state index in [0.29, 0.717) is 23.7 Å². The van der Waals surface area contributed by atoms with Crippen LogP contribution >= 0.6 is 0 Å². The molecule has 1 heterocycles. The van der Waals surface area contributed by atoms with Gasteiger partial charge in [0.25, 0.3) is 0 Å². The van der Waals surface area contributed by atoms with E-state index in [1.807, 2.05) is 32.1 Å². The predicted octanol–water partition coefficient (Wildman–Crippen LogP) is 5.85. The minimum Gasteiger partial charge on any atom is -0.507 e. The molecule has 0 spiro atoms. The van der Waals surface area contributed by atoms with Crippen LogP contribution in [0.2, 0.25) is 0 Å². The molecule has 2 rings (SSSR count). The summed E-state index contributed by atoms with van der Waals surface area (Å²) in [7, 11) is 0. The highest BCUT2D eigenvalue weighted by molar-refractivity contribution is 6.01. The molecule has 0 fully saturated rings. The zero-order valence-electron chi connectivity index (χ0n) is 17.2. The summed E-state index contributed by atoms with van der Waals surface area (Å²) in [6, 6.07) is 1.49. The Hall–Kier alpha value is -2.49. The Morgan fingerprint density at radius 2 is 1.93 bits per heavy atom. The number of benzene rings is 1. The highest BCUT2D eigenvalue weighted by atomic mass is 16.5. The maximum absolute atomic E-state index is 12.0. The third kappa shape index (κ3) is 5.49. The number of hydrogen-bond acceptors (Lipinski definition) is 4. The summed E-state index contributed by atoms with van der Waals surface area (Å²) >= 11 is 0. The zero-order valence-corrected chi connectivity index (χ0v) is 17.2. The minimum absolute atomic E-state index is 0.119. The van der Waals surface area contributed by atoms with E-state index in [4.69, 9.17) is 9.47 Å². The number of ketones is 1. The first-order valence-corrected chi connectivity index (χ1v) is 9.31. The number of allylic oxidation sites excluding steroid dienone is 3. The number of Topliss-reactive ketones (excluding diaryl/α,β-unsaturated/α-hetero) is 1. The van der Waals surface area contributed by atoms with Crippen LogP contribution in [0.4, 0.5) is 0 Å². The van der Waals surface area contributed by atoms with Gasteiger partial charge >= 0.3 is 0 Å². The zero-order chi connectivity index (χ0) is 20.2. The largest absolute Gasteiger partial charge is 0.507 e. The van der Waals surface area contributed by atoms with Gasteiger partial charge in [-0.05, 0) is 72.6 Å². The summed E-state index contributed by atoms with van der Waals surface area (Å²) in [6.07, 6.45) is 10.1. The van der Waals surface area contributed by atoms with Crippen LogP contribution in [0.15, 0.2) is 35.4 Å². The van der Waals surface area contributed by atoms with Gasteiger partial charge in [-0.15, -0.1) is 0 Å². The third-order valence-corrected chi connectivity index (χ3v) is 4.39. The molecule has 1 aromatic rings. The van der Waals surface area contributed by atoms with Crippen molar-refractivity contribution in [1.82, 2.24) is 0 Å². The molecule has 4 nitrogen and oxygen atoms in total. The van der Waals surface area contributed by atoms with Gasteiger partial charge in [0.05, 0.1) is 5.56 Å². The number of fused-ring (bicyclic) bond motifs is 1. The molecule has 1 N–H and O–H groups in total. The number of carbonyl (C=O) groups excluding carboxylic acids is 1. The molecule has 0 aromatic heterocycles. The maximum atomic E-state index is 12.0. The Labute approximate surface area is 162 Å². The molecule has 0 amide bonds. The lowest BCUT2D eigenvalue weighted by atomic mass is 9.97. The van der Waals surface area contributed by atoms with E-state index in [0.717, 1.165) is 12.8 Å². The van der Waals surface area contributed by atoms with Crippen molar-refractivity contribution in [2.75, 3.05) is 6.61 Å². The molecule has 4 heteroatoms. The van der Waals surface area contributed by atoms with E-state index in [-0.39, 0.29) is 17.1 Å². The van der Waals surface area contributed by atoms with Gasteiger partial charge in [0.2, 0.25) is 0 Å². The van der Waals surface area contributed by atoms with Gasteiger partial charge in [0.1, 0.15) is 35.0 Å². The molecule has 27 heavy (non-hydrogen) atoms. The lowest BCUT2D eigenvalue weighted by molar-refractivity contribution is 0.0996. The number of rotatable bonds is 7. The van der Waals surface area contributed by atoms with E-state index >= 15 is 0 Å². The van der Waals surface area contributed by atoms with Gasteiger partial charge in [-0.3, -0.25) is 4.79 Å². The van der Waals surface area contributed by atoms with Crippen molar-refractivity contribution in [3.05, 3.63) is 46.6 Å². The van der Waals surface area contributed by atoms with Crippen molar-refractivity contribution in [1.29, 1.82) is 0 Å². The van der Waals surface area contributed by atoms with Crippen molar-refractivity contribution in [3.63, 3.8) is 0 Å². The Kier molecular flexibility index (Phi) is 6.53. The normalized spacial score (nSPS) is 15.0. The average Bonchev–Trinajstić information content (AvgIpc) is 2.52. The number of hydrogen-bond donors (Lipinski definition) is 1. The molecule has 0 saturated heterocycles. The Bertz CT molecular complexity index is 806. The van der Waals surface area contributed by atoms with E-state index in [1.165, 1.54) is 24.1 Å². The summed E-state index contributed by atoms with van der Waals surface area (Å²) in [5, 5.41) is 10.3. The molecule has 0 radical (unpaired) electrons. The number of ether oxygens (including phenoxy) is 2. The summed E-state index contributed by atoms with van der Waals surface area (Å²) in [5.41, 5.74) is 2.90. The summed E-state index contributed by atoms with van der Waals surface area (Å²) < 4.78 is 11.9. The number of aromatic hydroxyl groups is 1. The van der Waals surface area contributed by atoms with Gasteiger partial charge < -0.3 is 14.6 Å². The molecule has 1 aliphatic rings. The van der Waals surface area contributed by atoms with E-state index in [1.54, 1.807) is 0 Å². The van der Waals surface area contributed by atoms with E-state index in [2.05, 4.69) is 26.8 Å². The second-order valence-corrected chi connectivity index (χ2v) is 7.79. The smallest absolute Gasteiger partial charge is 0.167 e. The standard InChI is InChI=1S/C23H30O4/c1-15(2)8-7-9-16(3)11-13-26-20-14-19(25)21(17(4)24)22-18(20)10-12-23(5,6)27-22/h8,10-12,14,25H,7,9,13H2,1-6H3. The lowest BCUT2D eigenvalue weighted by Gasteiger charge is -2.30. The van der Waals surface area contributed by atoms with Crippen LogP contribution in [0.1, 0.15) is 70.3 Å². The van der Waals surface area contributed by atoms with Gasteiger partial charge in [0, 0.05) is 6.07 Å². The van der Waals surface area contributed by atoms with Crippen molar-refractivity contribution < 1.29 is 19.4 Å². The lowest BCUT2D eigenvalue weighted by Crippen LogP contribution is -2.28. The maximum Gasteiger partial charge on any atom is 0.167 e. The quantitative estimate of drug-likeness (QED) is 0.483. The van der Waals surface area contributed by atoms with Crippen molar-refractivity contribution >= 4 is 11.9 Å². The Balaban J connectivity index is 2.22. The topological polar surface area (TPSA) is 55.8 Å². The second kappa shape index (κ2) is 8.47. The molecule has 0 bridgehead atoms. The van der Waals surface area contributed by atoms with Crippen LogP contribution in [0.3, 0.4) is 0 Å². The van der Waals surface area contributed by atoms with Gasteiger partial charge in [-0.25, -0.2) is 0 Å². The van der Waals surface area contributed by atoms with Crippen LogP contribution in [0.5, 0.6) is 17.2 Å².